The molecule has 1 heterocycles. The lowest BCUT2D eigenvalue weighted by Crippen LogP contribution is -2.23. The van der Waals surface area contributed by atoms with Crippen LogP contribution < -0.4 is 0 Å². The third kappa shape index (κ3) is 4.00. The first-order chi connectivity index (χ1) is 11.9. The number of benzene rings is 2. The number of carbonyl (C=O) groups is 2. The molecule has 1 fully saturated rings. The maximum atomic E-state index is 12.4. The molecule has 0 saturated carbocycles. The summed E-state index contributed by atoms with van der Waals surface area (Å²) in [6.07, 6.45) is 1.81. The summed E-state index contributed by atoms with van der Waals surface area (Å²) in [5, 5.41) is 9.57. The van der Waals surface area contributed by atoms with Crippen molar-refractivity contribution in [3.63, 3.8) is 0 Å². The lowest BCUT2D eigenvalue weighted by molar-refractivity contribution is -0.121. The van der Waals surface area contributed by atoms with Crippen LogP contribution in [0.3, 0.4) is 0 Å². The quantitative estimate of drug-likeness (QED) is 0.753. The lowest BCUT2D eigenvalue weighted by atomic mass is 10.2. The van der Waals surface area contributed by atoms with Crippen LogP contribution in [-0.4, -0.2) is 34.1 Å². The number of halogens is 1. The number of amidine groups is 1. The molecule has 1 amide bonds. The summed E-state index contributed by atoms with van der Waals surface area (Å²) in [6, 6.07) is 14.0. The zero-order valence-corrected chi connectivity index (χ0v) is 15.5. The zero-order chi connectivity index (χ0) is 18.0. The van der Waals surface area contributed by atoms with Gasteiger partial charge in [0.05, 0.1) is 16.2 Å². The molecule has 0 aromatic heterocycles. The van der Waals surface area contributed by atoms with E-state index in [1.165, 1.54) is 28.8 Å². The summed E-state index contributed by atoms with van der Waals surface area (Å²) in [5.74, 6) is -1.15. The van der Waals surface area contributed by atoms with E-state index >= 15 is 0 Å². The van der Waals surface area contributed by atoms with Gasteiger partial charge in [0.25, 0.3) is 5.91 Å². The molecule has 7 heteroatoms. The molecular weight excluding hydrogens is 404 g/mol. The number of aromatic carboxylic acids is 1. The fraction of sp³-hybridized carbons (Fsp3) is 0.0556. The molecule has 5 nitrogen and oxygen atoms in total. The number of rotatable bonds is 3. The van der Waals surface area contributed by atoms with Crippen molar-refractivity contribution < 1.29 is 14.7 Å². The normalized spacial score (nSPS) is 17.5. The van der Waals surface area contributed by atoms with E-state index in [2.05, 4.69) is 20.9 Å². The van der Waals surface area contributed by atoms with Gasteiger partial charge in [-0.2, -0.15) is 0 Å². The van der Waals surface area contributed by atoms with E-state index in [1.807, 2.05) is 30.3 Å². The van der Waals surface area contributed by atoms with Gasteiger partial charge in [0.2, 0.25) is 0 Å². The van der Waals surface area contributed by atoms with Gasteiger partial charge < -0.3 is 5.11 Å². The highest BCUT2D eigenvalue weighted by Gasteiger charge is 2.30. The molecule has 1 aliphatic rings. The average molecular weight is 417 g/mol. The van der Waals surface area contributed by atoms with Gasteiger partial charge in [0.15, 0.2) is 5.17 Å². The number of hydrogen-bond donors (Lipinski definition) is 1. The van der Waals surface area contributed by atoms with Crippen LogP contribution in [0, 0.1) is 0 Å². The van der Waals surface area contributed by atoms with Crippen LogP contribution in [0.15, 0.2) is 62.9 Å². The Balaban J connectivity index is 1.89. The van der Waals surface area contributed by atoms with Crippen molar-refractivity contribution >= 4 is 56.5 Å². The minimum atomic E-state index is -1.01. The molecule has 126 valence electrons. The van der Waals surface area contributed by atoms with E-state index in [4.69, 9.17) is 5.11 Å². The van der Waals surface area contributed by atoms with Crippen molar-refractivity contribution in [2.75, 3.05) is 7.05 Å². The van der Waals surface area contributed by atoms with Crippen molar-refractivity contribution in [3.8, 4) is 0 Å². The molecule has 2 aromatic carbocycles. The molecule has 0 atom stereocenters. The van der Waals surface area contributed by atoms with Crippen LogP contribution in [0.2, 0.25) is 0 Å². The largest absolute Gasteiger partial charge is 0.478 e. The Morgan fingerprint density at radius 3 is 2.64 bits per heavy atom. The van der Waals surface area contributed by atoms with E-state index in [-0.39, 0.29) is 11.5 Å². The van der Waals surface area contributed by atoms with Crippen molar-refractivity contribution in [3.05, 3.63) is 69.0 Å². The van der Waals surface area contributed by atoms with Gasteiger partial charge in [-0.1, -0.05) is 34.1 Å². The van der Waals surface area contributed by atoms with Crippen molar-refractivity contribution in [1.29, 1.82) is 0 Å². The summed E-state index contributed by atoms with van der Waals surface area (Å²) in [4.78, 5) is 29.9. The van der Waals surface area contributed by atoms with Crippen LogP contribution in [-0.2, 0) is 4.79 Å². The van der Waals surface area contributed by atoms with Crippen LogP contribution in [0.5, 0.6) is 0 Å². The Bertz CT molecular complexity index is 907. The van der Waals surface area contributed by atoms with Gasteiger partial charge >= 0.3 is 5.97 Å². The molecule has 0 unspecified atom stereocenters. The Morgan fingerprint density at radius 2 is 1.96 bits per heavy atom. The smallest absolute Gasteiger partial charge is 0.335 e. The second kappa shape index (κ2) is 7.25. The summed E-state index contributed by atoms with van der Waals surface area (Å²) in [7, 11) is 1.65. The molecule has 25 heavy (non-hydrogen) atoms. The number of thioether (sulfide) groups is 1. The van der Waals surface area contributed by atoms with Crippen LogP contribution in [0.4, 0.5) is 5.69 Å². The molecule has 0 aliphatic carbocycles. The highest BCUT2D eigenvalue weighted by molar-refractivity contribution is 9.10. The maximum absolute atomic E-state index is 12.4. The number of hydrogen-bond acceptors (Lipinski definition) is 4. The molecule has 0 bridgehead atoms. The minimum Gasteiger partial charge on any atom is -0.478 e. The minimum absolute atomic E-state index is 0.138. The fourth-order valence-corrected chi connectivity index (χ4v) is 3.43. The molecule has 1 aliphatic heterocycles. The van der Waals surface area contributed by atoms with Crippen molar-refractivity contribution in [2.45, 2.75) is 0 Å². The number of carboxylic acid groups (broad SMARTS) is 1. The van der Waals surface area contributed by atoms with Gasteiger partial charge in [0, 0.05) is 11.5 Å². The summed E-state index contributed by atoms with van der Waals surface area (Å²) < 4.78 is 0.970. The average Bonchev–Trinajstić information content (AvgIpc) is 2.85. The standard InChI is InChI=1S/C18H13BrN2O3S/c1-21-16(22)15(9-11-5-7-13(19)8-6-11)25-18(21)20-14-4-2-3-12(10-14)17(23)24/h2-10H,1H3,(H,23,24)/b15-9+,20-18?. The van der Waals surface area contributed by atoms with E-state index in [1.54, 1.807) is 19.2 Å². The molecule has 0 radical (unpaired) electrons. The first-order valence-corrected chi connectivity index (χ1v) is 8.90. The predicted molar refractivity (Wildman–Crippen MR) is 103 cm³/mol. The molecule has 1 saturated heterocycles. The first kappa shape index (κ1) is 17.4. The molecule has 3 rings (SSSR count). The van der Waals surface area contributed by atoms with Crippen LogP contribution in [0.25, 0.3) is 6.08 Å². The predicted octanol–water partition coefficient (Wildman–Crippen LogP) is 4.38. The summed E-state index contributed by atoms with van der Waals surface area (Å²) in [5.41, 5.74) is 1.57. The number of aliphatic imine (C=N–C) groups is 1. The fourth-order valence-electron chi connectivity index (χ4n) is 2.18. The first-order valence-electron chi connectivity index (χ1n) is 7.29. The Kier molecular flexibility index (Phi) is 5.06. The third-order valence-corrected chi connectivity index (χ3v) is 5.08. The number of nitrogens with zero attached hydrogens (tertiary/aromatic N) is 2. The number of amides is 1. The topological polar surface area (TPSA) is 70.0 Å². The zero-order valence-electron chi connectivity index (χ0n) is 13.1. The van der Waals surface area contributed by atoms with Gasteiger partial charge in [-0.15, -0.1) is 0 Å². The SMILES string of the molecule is CN1C(=O)/C(=C\c2ccc(Br)cc2)SC1=Nc1cccc(C(=O)O)c1. The second-order valence-electron chi connectivity index (χ2n) is 5.28. The third-order valence-electron chi connectivity index (χ3n) is 3.49. The molecule has 1 N–H and O–H groups in total. The van der Waals surface area contributed by atoms with E-state index in [9.17, 15) is 9.59 Å². The monoisotopic (exact) mass is 416 g/mol. The van der Waals surface area contributed by atoms with Crippen LogP contribution >= 0.6 is 27.7 Å². The Labute approximate surface area is 157 Å². The molecule has 0 spiro atoms. The maximum Gasteiger partial charge on any atom is 0.335 e. The van der Waals surface area contributed by atoms with Gasteiger partial charge in [-0.05, 0) is 53.7 Å². The number of likely N-dealkylation sites (N-methyl/N-ethyl adjacent to an activating group) is 1. The number of carboxylic acids is 1. The lowest BCUT2D eigenvalue weighted by Gasteiger charge is -2.07. The Hall–Kier alpha value is -2.38. The highest BCUT2D eigenvalue weighted by atomic mass is 79.9. The summed E-state index contributed by atoms with van der Waals surface area (Å²) >= 11 is 4.64. The van der Waals surface area contributed by atoms with E-state index in [0.717, 1.165) is 10.0 Å². The Morgan fingerprint density at radius 1 is 1.24 bits per heavy atom. The molecule has 2 aromatic rings. The van der Waals surface area contributed by atoms with E-state index < -0.39 is 5.97 Å². The van der Waals surface area contributed by atoms with Gasteiger partial charge in [0.1, 0.15) is 0 Å². The summed E-state index contributed by atoms with van der Waals surface area (Å²) in [6.45, 7) is 0. The number of carbonyl (C=O) groups excluding carboxylic acids is 1. The van der Waals surface area contributed by atoms with Crippen molar-refractivity contribution in [2.24, 2.45) is 4.99 Å². The second-order valence-corrected chi connectivity index (χ2v) is 7.20. The van der Waals surface area contributed by atoms with Crippen LogP contribution in [0.1, 0.15) is 15.9 Å². The van der Waals surface area contributed by atoms with Gasteiger partial charge in [-0.25, -0.2) is 9.79 Å². The highest BCUT2D eigenvalue weighted by Crippen LogP contribution is 2.33. The molecular formula is C18H13BrN2O3S. The van der Waals surface area contributed by atoms with E-state index in [0.29, 0.717) is 15.8 Å². The van der Waals surface area contributed by atoms with Gasteiger partial charge in [-0.3, -0.25) is 9.69 Å². The van der Waals surface area contributed by atoms with Crippen molar-refractivity contribution in [1.82, 2.24) is 4.90 Å².